The van der Waals surface area contributed by atoms with Crippen LogP contribution in [0.2, 0.25) is 0 Å². The van der Waals surface area contributed by atoms with Crippen LogP contribution in [-0.2, 0) is 5.88 Å². The first-order chi connectivity index (χ1) is 5.15. The summed E-state index contributed by atoms with van der Waals surface area (Å²) in [6.45, 7) is 4.22. The van der Waals surface area contributed by atoms with Gasteiger partial charge in [0.1, 0.15) is 0 Å². The van der Waals surface area contributed by atoms with E-state index in [0.29, 0.717) is 5.88 Å². The molecule has 2 heteroatoms. The van der Waals surface area contributed by atoms with Crippen LogP contribution in [0.4, 0.5) is 0 Å². The van der Waals surface area contributed by atoms with Crippen molar-refractivity contribution in [3.63, 3.8) is 0 Å². The van der Waals surface area contributed by atoms with E-state index in [0.717, 1.165) is 0 Å². The molecule has 0 saturated heterocycles. The molecule has 60 valence electrons. The average molecular weight is 281 g/mol. The fourth-order valence-electron chi connectivity index (χ4n) is 1.01. The Morgan fingerprint density at radius 2 is 1.91 bits per heavy atom. The van der Waals surface area contributed by atoms with Crippen LogP contribution >= 0.6 is 34.2 Å². The third kappa shape index (κ3) is 2.09. The van der Waals surface area contributed by atoms with Gasteiger partial charge in [-0.2, -0.15) is 0 Å². The van der Waals surface area contributed by atoms with Gasteiger partial charge in [0, 0.05) is 9.45 Å². The van der Waals surface area contributed by atoms with E-state index in [1.54, 1.807) is 0 Å². The monoisotopic (exact) mass is 280 g/mol. The van der Waals surface area contributed by atoms with Gasteiger partial charge in [0.25, 0.3) is 0 Å². The van der Waals surface area contributed by atoms with Crippen LogP contribution in [0.3, 0.4) is 0 Å². The Balaban J connectivity index is 3.21. The molecule has 1 aromatic carbocycles. The highest BCUT2D eigenvalue weighted by molar-refractivity contribution is 14.1. The van der Waals surface area contributed by atoms with E-state index >= 15 is 0 Å². The molecule has 0 N–H and O–H groups in total. The van der Waals surface area contributed by atoms with Crippen molar-refractivity contribution in [1.29, 1.82) is 0 Å². The zero-order chi connectivity index (χ0) is 8.43. The third-order valence-corrected chi connectivity index (χ3v) is 3.21. The van der Waals surface area contributed by atoms with E-state index in [1.165, 1.54) is 20.3 Å². The van der Waals surface area contributed by atoms with E-state index in [9.17, 15) is 0 Å². The summed E-state index contributed by atoms with van der Waals surface area (Å²) >= 11 is 8.08. The molecule has 0 nitrogen and oxygen atoms in total. The fraction of sp³-hybridized carbons (Fsp3) is 0.333. The topological polar surface area (TPSA) is 0 Å². The number of rotatable bonds is 1. The molecule has 0 heterocycles. The summed E-state index contributed by atoms with van der Waals surface area (Å²) in [5, 5.41) is 0. The van der Waals surface area contributed by atoms with Gasteiger partial charge in [-0.15, -0.1) is 11.6 Å². The average Bonchev–Trinajstić information content (AvgIpc) is 1.97. The summed E-state index contributed by atoms with van der Waals surface area (Å²) in [6.07, 6.45) is 0. The lowest BCUT2D eigenvalue weighted by Crippen LogP contribution is -1.89. The quantitative estimate of drug-likeness (QED) is 0.544. The van der Waals surface area contributed by atoms with Gasteiger partial charge < -0.3 is 0 Å². The van der Waals surface area contributed by atoms with Crippen LogP contribution in [0.1, 0.15) is 16.7 Å². The van der Waals surface area contributed by atoms with E-state index in [2.05, 4.69) is 48.6 Å². The Labute approximate surface area is 86.1 Å². The molecular formula is C9H10ClI. The summed E-state index contributed by atoms with van der Waals surface area (Å²) in [7, 11) is 0. The lowest BCUT2D eigenvalue weighted by atomic mass is 10.1. The molecule has 0 saturated carbocycles. The highest BCUT2D eigenvalue weighted by atomic mass is 127. The van der Waals surface area contributed by atoms with Gasteiger partial charge in [0.05, 0.1) is 0 Å². The van der Waals surface area contributed by atoms with Crippen LogP contribution in [-0.4, -0.2) is 0 Å². The molecular weight excluding hydrogens is 270 g/mol. The number of alkyl halides is 1. The van der Waals surface area contributed by atoms with Gasteiger partial charge in [0.2, 0.25) is 0 Å². The molecule has 0 aliphatic heterocycles. The van der Waals surface area contributed by atoms with Gasteiger partial charge in [0.15, 0.2) is 0 Å². The highest BCUT2D eigenvalue weighted by Crippen LogP contribution is 2.18. The van der Waals surface area contributed by atoms with Crippen molar-refractivity contribution >= 4 is 34.2 Å². The first-order valence-corrected chi connectivity index (χ1v) is 5.08. The number of hydrogen-bond donors (Lipinski definition) is 0. The van der Waals surface area contributed by atoms with Crippen LogP contribution in [0.25, 0.3) is 0 Å². The molecule has 0 aliphatic carbocycles. The molecule has 0 aliphatic rings. The molecule has 11 heavy (non-hydrogen) atoms. The third-order valence-electron chi connectivity index (χ3n) is 1.76. The first-order valence-electron chi connectivity index (χ1n) is 3.46. The Hall–Kier alpha value is 0.240. The van der Waals surface area contributed by atoms with Gasteiger partial charge in [-0.25, -0.2) is 0 Å². The van der Waals surface area contributed by atoms with E-state index in [4.69, 9.17) is 11.6 Å². The molecule has 1 aromatic rings. The molecule has 0 fully saturated rings. The summed E-state index contributed by atoms with van der Waals surface area (Å²) in [4.78, 5) is 0. The van der Waals surface area contributed by atoms with Gasteiger partial charge in [-0.1, -0.05) is 6.07 Å². The van der Waals surface area contributed by atoms with E-state index in [-0.39, 0.29) is 0 Å². The second-order valence-electron chi connectivity index (χ2n) is 2.66. The summed E-state index contributed by atoms with van der Waals surface area (Å²) in [6, 6.07) is 4.33. The van der Waals surface area contributed by atoms with Crippen molar-refractivity contribution in [3.05, 3.63) is 32.4 Å². The van der Waals surface area contributed by atoms with Gasteiger partial charge in [-0.05, 0) is 59.2 Å². The normalized spacial score (nSPS) is 10.2. The lowest BCUT2D eigenvalue weighted by Gasteiger charge is -2.04. The van der Waals surface area contributed by atoms with Crippen LogP contribution in [0.15, 0.2) is 12.1 Å². The number of benzene rings is 1. The van der Waals surface area contributed by atoms with Crippen molar-refractivity contribution in [1.82, 2.24) is 0 Å². The summed E-state index contributed by atoms with van der Waals surface area (Å²) < 4.78 is 1.30. The molecule has 0 radical (unpaired) electrons. The molecule has 0 aromatic heterocycles. The minimum Gasteiger partial charge on any atom is -0.122 e. The predicted molar refractivity (Wildman–Crippen MR) is 58.2 cm³/mol. The Bertz CT molecular complexity index is 269. The van der Waals surface area contributed by atoms with Gasteiger partial charge >= 0.3 is 0 Å². The molecule has 1 rings (SSSR count). The van der Waals surface area contributed by atoms with Crippen molar-refractivity contribution in [2.24, 2.45) is 0 Å². The Morgan fingerprint density at radius 3 is 2.45 bits per heavy atom. The van der Waals surface area contributed by atoms with Crippen LogP contribution in [0.5, 0.6) is 0 Å². The van der Waals surface area contributed by atoms with Crippen molar-refractivity contribution in [3.8, 4) is 0 Å². The maximum absolute atomic E-state index is 5.75. The smallest absolute Gasteiger partial charge is 0.0477 e. The van der Waals surface area contributed by atoms with Crippen LogP contribution < -0.4 is 0 Å². The van der Waals surface area contributed by atoms with E-state index < -0.39 is 0 Å². The second-order valence-corrected chi connectivity index (χ2v) is 4.09. The maximum Gasteiger partial charge on any atom is 0.0477 e. The Kier molecular flexibility index (Phi) is 3.19. The summed E-state index contributed by atoms with van der Waals surface area (Å²) in [5.41, 5.74) is 3.86. The lowest BCUT2D eigenvalue weighted by molar-refractivity contribution is 1.25. The number of hydrogen-bond acceptors (Lipinski definition) is 0. The minimum absolute atomic E-state index is 0.613. The Morgan fingerprint density at radius 1 is 1.27 bits per heavy atom. The summed E-state index contributed by atoms with van der Waals surface area (Å²) in [5.74, 6) is 0.613. The minimum atomic E-state index is 0.613. The zero-order valence-corrected chi connectivity index (χ0v) is 9.53. The maximum atomic E-state index is 5.75. The molecule has 0 bridgehead atoms. The number of aryl methyl sites for hydroxylation is 2. The largest absolute Gasteiger partial charge is 0.122 e. The molecule has 0 atom stereocenters. The predicted octanol–water partition coefficient (Wildman–Crippen LogP) is 3.65. The van der Waals surface area contributed by atoms with Gasteiger partial charge in [-0.3, -0.25) is 0 Å². The molecule has 0 amide bonds. The van der Waals surface area contributed by atoms with Crippen LogP contribution in [0, 0.1) is 17.4 Å². The highest BCUT2D eigenvalue weighted by Gasteiger charge is 2.00. The molecule has 0 spiro atoms. The number of halogens is 2. The zero-order valence-electron chi connectivity index (χ0n) is 6.62. The van der Waals surface area contributed by atoms with Crippen molar-refractivity contribution in [2.45, 2.75) is 19.7 Å². The van der Waals surface area contributed by atoms with Crippen molar-refractivity contribution < 1.29 is 0 Å². The SMILES string of the molecule is Cc1cc(C)c(CCl)cc1I. The molecule has 0 unspecified atom stereocenters. The standard InChI is InChI=1S/C9H10ClI/c1-6-3-7(2)9(11)4-8(6)5-10/h3-4H,5H2,1-2H3. The fourth-order valence-corrected chi connectivity index (χ4v) is 1.83. The van der Waals surface area contributed by atoms with E-state index in [1.807, 2.05) is 0 Å². The second kappa shape index (κ2) is 3.76. The first kappa shape index (κ1) is 9.33. The van der Waals surface area contributed by atoms with Crippen molar-refractivity contribution in [2.75, 3.05) is 0 Å².